The zero-order chi connectivity index (χ0) is 14.5. The predicted octanol–water partition coefficient (Wildman–Crippen LogP) is 2.61. The third kappa shape index (κ3) is 4.18. The van der Waals surface area contributed by atoms with Gasteiger partial charge in [-0.3, -0.25) is 9.69 Å². The summed E-state index contributed by atoms with van der Waals surface area (Å²) in [4.78, 5) is 14.4. The highest BCUT2D eigenvalue weighted by molar-refractivity contribution is 5.71. The second-order valence-corrected chi connectivity index (χ2v) is 5.91. The minimum atomic E-state index is -0.173. The lowest BCUT2D eigenvalue weighted by Crippen LogP contribution is -2.57. The van der Waals surface area contributed by atoms with Crippen molar-refractivity contribution in [2.75, 3.05) is 26.3 Å². The maximum absolute atomic E-state index is 12.0. The van der Waals surface area contributed by atoms with Gasteiger partial charge in [0.2, 0.25) is 0 Å². The van der Waals surface area contributed by atoms with E-state index in [0.29, 0.717) is 19.6 Å². The highest BCUT2D eigenvalue weighted by Crippen LogP contribution is 2.39. The predicted molar refractivity (Wildman–Crippen MR) is 76.2 cm³/mol. The molecule has 0 amide bonds. The molecule has 4 heteroatoms. The first-order valence-corrected chi connectivity index (χ1v) is 7.43. The summed E-state index contributed by atoms with van der Waals surface area (Å²) in [6.45, 7) is 13.4. The number of esters is 1. The van der Waals surface area contributed by atoms with Gasteiger partial charge < -0.3 is 9.47 Å². The number of carbonyl (C=O) groups excluding carboxylic acids is 1. The topological polar surface area (TPSA) is 38.8 Å². The van der Waals surface area contributed by atoms with Crippen LogP contribution in [0.5, 0.6) is 0 Å². The summed E-state index contributed by atoms with van der Waals surface area (Å²) >= 11 is 0. The van der Waals surface area contributed by atoms with Crippen LogP contribution in [0, 0.1) is 0 Å². The Morgan fingerprint density at radius 2 is 1.89 bits per heavy atom. The van der Waals surface area contributed by atoms with E-state index in [9.17, 15) is 4.79 Å². The van der Waals surface area contributed by atoms with E-state index >= 15 is 0 Å². The minimum Gasteiger partial charge on any atom is -0.466 e. The number of rotatable bonds is 6. The minimum absolute atomic E-state index is 0.0906. The maximum Gasteiger partial charge on any atom is 0.307 e. The molecule has 0 aromatic heterocycles. The number of ether oxygens (including phenoxy) is 2. The molecule has 0 spiro atoms. The summed E-state index contributed by atoms with van der Waals surface area (Å²) < 4.78 is 11.0. The van der Waals surface area contributed by atoms with Crippen LogP contribution in [0.1, 0.15) is 53.9 Å². The molecule has 1 heterocycles. The van der Waals surface area contributed by atoms with Crippen LogP contribution in [-0.2, 0) is 14.3 Å². The van der Waals surface area contributed by atoms with Gasteiger partial charge >= 0.3 is 5.97 Å². The van der Waals surface area contributed by atoms with Crippen molar-refractivity contribution in [3.05, 3.63) is 0 Å². The average Bonchev–Trinajstić information content (AvgIpc) is 2.28. The van der Waals surface area contributed by atoms with Gasteiger partial charge in [-0.2, -0.15) is 0 Å². The van der Waals surface area contributed by atoms with E-state index in [-0.39, 0.29) is 17.1 Å². The fraction of sp³-hybridized carbons (Fsp3) is 0.933. The Hall–Kier alpha value is -0.610. The van der Waals surface area contributed by atoms with Gasteiger partial charge in [0.05, 0.1) is 18.6 Å². The van der Waals surface area contributed by atoms with E-state index in [0.717, 1.165) is 25.9 Å². The first kappa shape index (κ1) is 16.4. The van der Waals surface area contributed by atoms with Gasteiger partial charge in [0, 0.05) is 12.1 Å². The van der Waals surface area contributed by atoms with Crippen LogP contribution in [0.2, 0.25) is 0 Å². The lowest BCUT2D eigenvalue weighted by atomic mass is 9.77. The van der Waals surface area contributed by atoms with Crippen molar-refractivity contribution < 1.29 is 14.3 Å². The van der Waals surface area contributed by atoms with Crippen LogP contribution in [0.4, 0.5) is 0 Å². The Balaban J connectivity index is 2.92. The van der Waals surface area contributed by atoms with E-state index in [1.165, 1.54) is 0 Å². The van der Waals surface area contributed by atoms with Crippen LogP contribution >= 0.6 is 0 Å². The van der Waals surface area contributed by atoms with Crippen molar-refractivity contribution in [2.24, 2.45) is 0 Å². The molecule has 1 saturated heterocycles. The molecule has 1 rings (SSSR count). The summed E-state index contributed by atoms with van der Waals surface area (Å²) in [5, 5.41) is 0. The van der Waals surface area contributed by atoms with E-state index in [1.54, 1.807) is 0 Å². The standard InChI is InChI=1S/C15H29NO3/c1-6-16(7-2)15(11-13(17)18-8-3)9-10-19-14(4,5)12-15/h6-12H2,1-5H3. The molecule has 1 fully saturated rings. The van der Waals surface area contributed by atoms with Crippen molar-refractivity contribution in [1.29, 1.82) is 0 Å². The Bertz CT molecular complexity index is 300. The highest BCUT2D eigenvalue weighted by atomic mass is 16.5. The quantitative estimate of drug-likeness (QED) is 0.696. The van der Waals surface area contributed by atoms with E-state index in [4.69, 9.17) is 9.47 Å². The zero-order valence-corrected chi connectivity index (χ0v) is 13.1. The second-order valence-electron chi connectivity index (χ2n) is 5.91. The summed E-state index contributed by atoms with van der Waals surface area (Å²) in [7, 11) is 0. The molecule has 0 N–H and O–H groups in total. The number of hydrogen-bond acceptors (Lipinski definition) is 4. The monoisotopic (exact) mass is 271 g/mol. The van der Waals surface area contributed by atoms with Crippen LogP contribution in [0.3, 0.4) is 0 Å². The van der Waals surface area contributed by atoms with E-state index in [1.807, 2.05) is 6.92 Å². The van der Waals surface area contributed by atoms with E-state index < -0.39 is 0 Å². The molecular weight excluding hydrogens is 242 g/mol. The third-order valence-corrected chi connectivity index (χ3v) is 4.03. The lowest BCUT2D eigenvalue weighted by Gasteiger charge is -2.50. The second kappa shape index (κ2) is 6.71. The Kier molecular flexibility index (Phi) is 5.81. The smallest absolute Gasteiger partial charge is 0.307 e. The molecular formula is C15H29NO3. The molecule has 0 radical (unpaired) electrons. The van der Waals surface area contributed by atoms with Crippen molar-refractivity contribution in [3.63, 3.8) is 0 Å². The summed E-state index contributed by atoms with van der Waals surface area (Å²) in [5.41, 5.74) is -0.287. The average molecular weight is 271 g/mol. The van der Waals surface area contributed by atoms with Crippen molar-refractivity contribution >= 4 is 5.97 Å². The molecule has 0 aromatic rings. The summed E-state index contributed by atoms with van der Waals surface area (Å²) in [5.74, 6) is -0.0906. The van der Waals surface area contributed by atoms with Crippen LogP contribution < -0.4 is 0 Å². The first-order valence-electron chi connectivity index (χ1n) is 7.43. The Morgan fingerprint density at radius 1 is 1.26 bits per heavy atom. The molecule has 0 saturated carbocycles. The van der Waals surface area contributed by atoms with Gasteiger partial charge in [-0.25, -0.2) is 0 Å². The van der Waals surface area contributed by atoms with Gasteiger partial charge in [0.1, 0.15) is 0 Å². The largest absolute Gasteiger partial charge is 0.466 e. The number of carbonyl (C=O) groups is 1. The molecule has 1 atom stereocenters. The van der Waals surface area contributed by atoms with E-state index in [2.05, 4.69) is 32.6 Å². The lowest BCUT2D eigenvalue weighted by molar-refractivity contribution is -0.156. The van der Waals surface area contributed by atoms with Crippen molar-refractivity contribution in [2.45, 2.75) is 65.0 Å². The van der Waals surface area contributed by atoms with Gasteiger partial charge in [0.25, 0.3) is 0 Å². The number of nitrogens with zero attached hydrogens (tertiary/aromatic N) is 1. The fourth-order valence-corrected chi connectivity index (χ4v) is 3.36. The van der Waals surface area contributed by atoms with Crippen LogP contribution in [-0.4, -0.2) is 48.3 Å². The normalized spacial score (nSPS) is 26.4. The first-order chi connectivity index (χ1) is 8.89. The van der Waals surface area contributed by atoms with Gasteiger partial charge in [0.15, 0.2) is 0 Å². The highest BCUT2D eigenvalue weighted by Gasteiger charge is 2.45. The van der Waals surface area contributed by atoms with Gasteiger partial charge in [-0.05, 0) is 46.7 Å². The maximum atomic E-state index is 12.0. The SMILES string of the molecule is CCOC(=O)CC1(N(CC)CC)CCOC(C)(C)C1. The molecule has 4 nitrogen and oxygen atoms in total. The summed E-state index contributed by atoms with van der Waals surface area (Å²) in [6.07, 6.45) is 2.24. The van der Waals surface area contributed by atoms with Gasteiger partial charge in [-0.15, -0.1) is 0 Å². The molecule has 112 valence electrons. The van der Waals surface area contributed by atoms with Crippen LogP contribution in [0.25, 0.3) is 0 Å². The van der Waals surface area contributed by atoms with Crippen molar-refractivity contribution in [1.82, 2.24) is 4.90 Å². The molecule has 1 unspecified atom stereocenters. The Labute approximate surface area is 117 Å². The molecule has 0 aromatic carbocycles. The van der Waals surface area contributed by atoms with Crippen LogP contribution in [0.15, 0.2) is 0 Å². The molecule has 1 aliphatic heterocycles. The summed E-state index contributed by atoms with van der Waals surface area (Å²) in [6, 6.07) is 0. The third-order valence-electron chi connectivity index (χ3n) is 4.03. The van der Waals surface area contributed by atoms with Gasteiger partial charge in [-0.1, -0.05) is 13.8 Å². The number of hydrogen-bond donors (Lipinski definition) is 0. The van der Waals surface area contributed by atoms with Crippen molar-refractivity contribution in [3.8, 4) is 0 Å². The molecule has 0 bridgehead atoms. The molecule has 19 heavy (non-hydrogen) atoms. The molecule has 1 aliphatic rings. The Morgan fingerprint density at radius 3 is 2.37 bits per heavy atom. The zero-order valence-electron chi connectivity index (χ0n) is 13.1. The molecule has 0 aliphatic carbocycles. The fourth-order valence-electron chi connectivity index (χ4n) is 3.36.